The lowest BCUT2D eigenvalue weighted by Crippen LogP contribution is -2.43. The van der Waals surface area contributed by atoms with E-state index in [1.807, 2.05) is 53.9 Å². The number of hydrogen-bond acceptors (Lipinski definition) is 6. The van der Waals surface area contributed by atoms with E-state index in [1.54, 1.807) is 0 Å². The van der Waals surface area contributed by atoms with Gasteiger partial charge >= 0.3 is 0 Å². The Labute approximate surface area is 269 Å². The molecule has 0 amide bonds. The van der Waals surface area contributed by atoms with Crippen LogP contribution in [0.15, 0.2) is 60.9 Å². The number of aromatic amines is 2. The number of nitrogens with one attached hydrogen (secondary N) is 4. The maximum absolute atomic E-state index is 12.8. The third kappa shape index (κ3) is 8.35. The summed E-state index contributed by atoms with van der Waals surface area (Å²) in [5.74, 6) is 2.00. The lowest BCUT2D eigenvalue weighted by Gasteiger charge is -2.28. The first-order valence-corrected chi connectivity index (χ1v) is 17.5. The number of aromatic nitrogens is 4. The van der Waals surface area contributed by atoms with Gasteiger partial charge in [0.1, 0.15) is 33.2 Å². The molecule has 2 unspecified atom stereocenters. The van der Waals surface area contributed by atoms with Crippen LogP contribution >= 0.6 is 0 Å². The van der Waals surface area contributed by atoms with Crippen LogP contribution in [0.3, 0.4) is 0 Å². The Kier molecular flexibility index (Phi) is 10.8. The summed E-state index contributed by atoms with van der Waals surface area (Å²) in [5, 5.41) is 0. The first-order valence-electron chi connectivity index (χ1n) is 15.2. The van der Waals surface area contributed by atoms with Crippen molar-refractivity contribution in [3.63, 3.8) is 0 Å². The van der Waals surface area contributed by atoms with Crippen molar-refractivity contribution in [2.75, 3.05) is 0 Å². The van der Waals surface area contributed by atoms with Crippen molar-refractivity contribution in [2.45, 2.75) is 90.8 Å². The molecule has 4 atom stereocenters. The van der Waals surface area contributed by atoms with Gasteiger partial charge in [-0.1, -0.05) is 76.2 Å². The van der Waals surface area contributed by atoms with Gasteiger partial charge in [-0.05, 0) is 75.6 Å². The van der Waals surface area contributed by atoms with Gasteiger partial charge in [0.05, 0.1) is 23.8 Å². The van der Waals surface area contributed by atoms with E-state index in [-0.39, 0.29) is 33.4 Å². The number of nitrogens with zero attached hydrogens (tertiary/aromatic N) is 2. The molecule has 0 bridgehead atoms. The van der Waals surface area contributed by atoms with Crippen LogP contribution < -0.4 is 9.44 Å². The van der Waals surface area contributed by atoms with E-state index < -0.39 is 22.7 Å². The second kappa shape index (κ2) is 13.8. The van der Waals surface area contributed by atoms with Gasteiger partial charge in [0.25, 0.3) is 0 Å². The van der Waals surface area contributed by atoms with Crippen LogP contribution in [0, 0.1) is 11.8 Å². The van der Waals surface area contributed by atoms with Gasteiger partial charge < -0.3 is 19.1 Å². The number of benzene rings is 2. The molecule has 0 saturated heterocycles. The molecule has 0 aliphatic carbocycles. The molecular weight excluding hydrogens is 589 g/mol. The summed E-state index contributed by atoms with van der Waals surface area (Å²) in [7, 11) is 0. The smallest absolute Gasteiger partial charge is 0.136 e. The SMILES string of the molecule is CC(C)C(N[S@@+]([O-])C(C)(C)C)c1ncc(-c2ccc(-c3ccc(-c4cnc(C(N[S@+]([O-])C(C)(C)C)C(C)C)[nH]4)cc3)cc2)[nH]1. The van der Waals surface area contributed by atoms with Crippen molar-refractivity contribution in [1.82, 2.24) is 29.4 Å². The lowest BCUT2D eigenvalue weighted by molar-refractivity contribution is 0.438. The van der Waals surface area contributed by atoms with Gasteiger partial charge in [-0.2, -0.15) is 0 Å². The van der Waals surface area contributed by atoms with E-state index in [0.717, 1.165) is 45.3 Å². The van der Waals surface area contributed by atoms with Crippen molar-refractivity contribution >= 4 is 22.7 Å². The molecule has 4 rings (SSSR count). The quantitative estimate of drug-likeness (QED) is 0.125. The first-order chi connectivity index (χ1) is 20.5. The molecule has 0 saturated carbocycles. The number of H-pyrrole nitrogens is 2. The van der Waals surface area contributed by atoms with E-state index in [2.05, 4.69) is 106 Å². The van der Waals surface area contributed by atoms with Crippen molar-refractivity contribution in [3.8, 4) is 33.6 Å². The molecule has 2 aromatic carbocycles. The Morgan fingerprint density at radius 2 is 0.864 bits per heavy atom. The standard InChI is InChI=1S/C34H48N6O2S2/c1-21(2)29(39-43(41)33(5,6)7)31-35-19-27(37-31)25-15-11-23(12-16-25)24-13-17-26(18-14-24)28-20-36-32(38-28)30(22(3)4)40-44(42)34(8,9)10/h11-22,29-30,39-40H,1-10H3,(H,35,37)(H,36,38)/t29?,30?,43-,44+. The molecule has 8 nitrogen and oxygen atoms in total. The normalized spacial score (nSPS) is 15.5. The molecule has 4 aromatic rings. The molecule has 0 fully saturated rings. The molecule has 238 valence electrons. The highest BCUT2D eigenvalue weighted by atomic mass is 32.2. The van der Waals surface area contributed by atoms with Gasteiger partial charge in [-0.15, -0.1) is 9.44 Å². The minimum Gasteiger partial charge on any atom is -0.598 e. The minimum atomic E-state index is -1.20. The molecule has 10 heteroatoms. The first kappa shape index (κ1) is 34.3. The zero-order chi connectivity index (χ0) is 32.4. The molecule has 0 spiro atoms. The molecule has 0 aliphatic heterocycles. The maximum atomic E-state index is 12.8. The number of rotatable bonds is 11. The van der Waals surface area contributed by atoms with Crippen molar-refractivity contribution in [1.29, 1.82) is 0 Å². The van der Waals surface area contributed by atoms with Crippen molar-refractivity contribution in [2.24, 2.45) is 11.8 Å². The Balaban J connectivity index is 1.46. The molecule has 4 N–H and O–H groups in total. The lowest BCUT2D eigenvalue weighted by atomic mass is 10.0. The highest BCUT2D eigenvalue weighted by Gasteiger charge is 2.33. The number of imidazole rings is 2. The second-order valence-electron chi connectivity index (χ2n) is 14.0. The van der Waals surface area contributed by atoms with Gasteiger partial charge in [0.2, 0.25) is 0 Å². The zero-order valence-corrected chi connectivity index (χ0v) is 29.2. The average molecular weight is 637 g/mol. The number of hydrogen-bond donors (Lipinski definition) is 4. The molecule has 0 radical (unpaired) electrons. The topological polar surface area (TPSA) is 128 Å². The van der Waals surface area contributed by atoms with Crippen LogP contribution in [0.4, 0.5) is 0 Å². The summed E-state index contributed by atoms with van der Waals surface area (Å²) in [4.78, 5) is 16.2. The highest BCUT2D eigenvalue weighted by molar-refractivity contribution is 7.91. The Morgan fingerprint density at radius 3 is 1.14 bits per heavy atom. The average Bonchev–Trinajstić information content (AvgIpc) is 3.64. The van der Waals surface area contributed by atoms with Crippen LogP contribution in [-0.4, -0.2) is 38.5 Å². The Bertz CT molecular complexity index is 1370. The van der Waals surface area contributed by atoms with E-state index in [4.69, 9.17) is 0 Å². The Morgan fingerprint density at radius 1 is 0.568 bits per heavy atom. The summed E-state index contributed by atoms with van der Waals surface area (Å²) >= 11 is -2.40. The van der Waals surface area contributed by atoms with E-state index in [9.17, 15) is 9.11 Å². The van der Waals surface area contributed by atoms with Crippen LogP contribution in [0.1, 0.15) is 93.0 Å². The summed E-state index contributed by atoms with van der Waals surface area (Å²) in [6.07, 6.45) is 3.68. The molecular formula is C34H48N6O2S2. The molecule has 0 aliphatic rings. The van der Waals surface area contributed by atoms with Crippen molar-refractivity contribution in [3.05, 3.63) is 72.6 Å². The fourth-order valence-electron chi connectivity index (χ4n) is 4.57. The largest absolute Gasteiger partial charge is 0.598 e. The summed E-state index contributed by atoms with van der Waals surface area (Å²) < 4.78 is 31.3. The fourth-order valence-corrected chi connectivity index (χ4v) is 6.50. The summed E-state index contributed by atoms with van der Waals surface area (Å²) in [6.45, 7) is 20.2. The third-order valence-corrected chi connectivity index (χ3v) is 10.6. The van der Waals surface area contributed by atoms with Crippen LogP contribution in [0.2, 0.25) is 0 Å². The summed E-state index contributed by atoms with van der Waals surface area (Å²) in [6, 6.07) is 16.5. The summed E-state index contributed by atoms with van der Waals surface area (Å²) in [5.41, 5.74) is 6.14. The second-order valence-corrected chi connectivity index (χ2v) is 18.0. The van der Waals surface area contributed by atoms with Gasteiger partial charge in [-0.25, -0.2) is 9.97 Å². The monoisotopic (exact) mass is 636 g/mol. The predicted octanol–water partition coefficient (Wildman–Crippen LogP) is 7.63. The van der Waals surface area contributed by atoms with Gasteiger partial charge in [0.15, 0.2) is 0 Å². The van der Waals surface area contributed by atoms with Gasteiger partial charge in [-0.3, -0.25) is 0 Å². The maximum Gasteiger partial charge on any atom is 0.136 e. The third-order valence-electron chi connectivity index (χ3n) is 7.42. The molecule has 2 aromatic heterocycles. The van der Waals surface area contributed by atoms with Crippen LogP contribution in [0.25, 0.3) is 33.6 Å². The Hall–Kier alpha value is -2.60. The fraction of sp³-hybridized carbons (Fsp3) is 0.471. The van der Waals surface area contributed by atoms with Crippen molar-refractivity contribution < 1.29 is 9.11 Å². The predicted molar refractivity (Wildman–Crippen MR) is 184 cm³/mol. The van der Waals surface area contributed by atoms with Gasteiger partial charge in [0, 0.05) is 22.7 Å². The molecule has 2 heterocycles. The molecule has 44 heavy (non-hydrogen) atoms. The zero-order valence-electron chi connectivity index (χ0n) is 27.6. The van der Waals surface area contributed by atoms with Crippen LogP contribution in [0.5, 0.6) is 0 Å². The van der Waals surface area contributed by atoms with Crippen LogP contribution in [-0.2, 0) is 22.7 Å². The highest BCUT2D eigenvalue weighted by Crippen LogP contribution is 2.30. The van der Waals surface area contributed by atoms with E-state index in [0.29, 0.717) is 0 Å². The minimum absolute atomic E-state index is 0.146. The van der Waals surface area contributed by atoms with E-state index in [1.165, 1.54) is 0 Å². The van der Waals surface area contributed by atoms with E-state index >= 15 is 0 Å².